The van der Waals surface area contributed by atoms with Crippen molar-refractivity contribution in [3.63, 3.8) is 0 Å². The lowest BCUT2D eigenvalue weighted by Gasteiger charge is -2.21. The number of halogens is 1. The number of Topliss-reactive ketones (excluding diaryl/α,β-unsaturated/α-hetero) is 1. The van der Waals surface area contributed by atoms with Gasteiger partial charge in [0.2, 0.25) is 11.6 Å². The predicted molar refractivity (Wildman–Crippen MR) is 92.8 cm³/mol. The highest BCUT2D eigenvalue weighted by molar-refractivity contribution is 7.48. The monoisotopic (exact) mass is 405 g/mol. The van der Waals surface area contributed by atoms with Crippen molar-refractivity contribution in [1.82, 2.24) is 14.7 Å². The number of phosphoric acid groups is 1. The van der Waals surface area contributed by atoms with Gasteiger partial charge in [-0.2, -0.15) is 4.08 Å². The first kappa shape index (κ1) is 19.4. The van der Waals surface area contributed by atoms with E-state index in [4.69, 9.17) is 4.89 Å². The third-order valence-electron chi connectivity index (χ3n) is 3.92. The third kappa shape index (κ3) is 4.66. The second-order valence-corrected chi connectivity index (χ2v) is 8.27. The van der Waals surface area contributed by atoms with Gasteiger partial charge >= 0.3 is 7.82 Å². The highest BCUT2D eigenvalue weighted by Crippen LogP contribution is 2.45. The number of rotatable bonds is 6. The van der Waals surface area contributed by atoms with Crippen LogP contribution in [0.5, 0.6) is 0 Å². The first-order valence-electron chi connectivity index (χ1n) is 8.35. The molecule has 4 rings (SSSR count). The number of carbonyl (C=O) groups excluding carboxylic acids is 2. The van der Waals surface area contributed by atoms with E-state index in [1.54, 1.807) is 13.8 Å². The number of ketones is 2. The molecule has 3 heterocycles. The van der Waals surface area contributed by atoms with Crippen LogP contribution in [-0.2, 0) is 22.8 Å². The Hall–Kier alpha value is -1.38. The van der Waals surface area contributed by atoms with E-state index in [2.05, 4.69) is 20.5 Å². The lowest BCUT2D eigenvalue weighted by atomic mass is 10.0. The Morgan fingerprint density at radius 2 is 1.54 bits per heavy atom. The lowest BCUT2D eigenvalue weighted by molar-refractivity contribution is -0.117. The maximum Gasteiger partial charge on any atom is 0.488 e. The summed E-state index contributed by atoms with van der Waals surface area (Å²) in [4.78, 5) is 38.9. The molecule has 4 aliphatic rings. The van der Waals surface area contributed by atoms with E-state index >= 15 is 0 Å². The Balaban J connectivity index is 0.000000188. The van der Waals surface area contributed by atoms with Gasteiger partial charge in [0.1, 0.15) is 11.4 Å². The van der Waals surface area contributed by atoms with Gasteiger partial charge in [0.15, 0.2) is 0 Å². The summed E-state index contributed by atoms with van der Waals surface area (Å²) in [5.74, 6) is 0.0485. The molecule has 9 nitrogen and oxygen atoms in total. The summed E-state index contributed by atoms with van der Waals surface area (Å²) >= 11 is 4.60. The van der Waals surface area contributed by atoms with Crippen LogP contribution in [0.3, 0.4) is 0 Å². The first-order chi connectivity index (χ1) is 12.2. The number of nitrogens with zero attached hydrogens (tertiary/aromatic N) is 3. The van der Waals surface area contributed by atoms with Crippen molar-refractivity contribution in [1.29, 1.82) is 0 Å². The highest BCUT2D eigenvalue weighted by atomic mass is 35.5. The Morgan fingerprint density at radius 3 is 1.92 bits per heavy atom. The zero-order chi connectivity index (χ0) is 19.1. The third-order valence-corrected chi connectivity index (χ3v) is 5.30. The summed E-state index contributed by atoms with van der Waals surface area (Å²) in [5.41, 5.74) is 1.89. The molecule has 0 amide bonds. The van der Waals surface area contributed by atoms with E-state index in [1.807, 2.05) is 14.7 Å². The molecule has 0 bridgehead atoms. The van der Waals surface area contributed by atoms with E-state index in [1.165, 1.54) is 6.08 Å². The zero-order valence-electron chi connectivity index (χ0n) is 14.6. The van der Waals surface area contributed by atoms with Crippen LogP contribution >= 0.6 is 19.7 Å². The van der Waals surface area contributed by atoms with Gasteiger partial charge in [-0.3, -0.25) is 14.1 Å². The van der Waals surface area contributed by atoms with E-state index in [-0.39, 0.29) is 17.7 Å². The Labute approximate surface area is 156 Å². The minimum absolute atomic E-state index is 0.00546. The van der Waals surface area contributed by atoms with Gasteiger partial charge in [-0.15, -0.1) is 0 Å². The van der Waals surface area contributed by atoms with Crippen molar-refractivity contribution in [3.8, 4) is 0 Å². The Morgan fingerprint density at radius 1 is 1.04 bits per heavy atom. The maximum absolute atomic E-state index is 12.4. The molecule has 0 radical (unpaired) electrons. The second kappa shape index (κ2) is 7.32. The maximum atomic E-state index is 12.4. The number of hydrogen-bond acceptors (Lipinski definition) is 8. The zero-order valence-corrected chi connectivity index (χ0v) is 16.2. The molecule has 0 aromatic rings. The average Bonchev–Trinajstić information content (AvgIpc) is 3.39. The van der Waals surface area contributed by atoms with E-state index in [0.29, 0.717) is 17.1 Å². The van der Waals surface area contributed by atoms with Gasteiger partial charge in [-0.05, 0) is 13.8 Å². The second-order valence-electron chi connectivity index (χ2n) is 6.57. The molecule has 0 saturated carbocycles. The minimum atomic E-state index is -3.96. The van der Waals surface area contributed by atoms with Crippen molar-refractivity contribution in [2.45, 2.75) is 20.0 Å². The van der Waals surface area contributed by atoms with Gasteiger partial charge < -0.3 is 19.6 Å². The van der Waals surface area contributed by atoms with Crippen molar-refractivity contribution >= 4 is 31.3 Å². The summed E-state index contributed by atoms with van der Waals surface area (Å²) < 4.78 is 18.3. The lowest BCUT2D eigenvalue weighted by Crippen LogP contribution is -2.29. The molecule has 3 aliphatic heterocycles. The Kier molecular flexibility index (Phi) is 5.46. The van der Waals surface area contributed by atoms with Crippen LogP contribution in [0.4, 0.5) is 0 Å². The van der Waals surface area contributed by atoms with Crippen LogP contribution < -0.4 is 0 Å². The Bertz CT molecular complexity index is 725. The van der Waals surface area contributed by atoms with Crippen molar-refractivity contribution in [2.75, 3.05) is 39.3 Å². The van der Waals surface area contributed by atoms with Crippen molar-refractivity contribution < 1.29 is 27.6 Å². The highest BCUT2D eigenvalue weighted by Gasteiger charge is 2.43. The van der Waals surface area contributed by atoms with Gasteiger partial charge in [-0.1, -0.05) is 0 Å². The number of carbonyl (C=O) groups is 2. The molecule has 0 aromatic carbocycles. The average molecular weight is 406 g/mol. The van der Waals surface area contributed by atoms with Gasteiger partial charge in [0.25, 0.3) is 0 Å². The van der Waals surface area contributed by atoms with E-state index < -0.39 is 7.82 Å². The molecule has 1 aliphatic carbocycles. The summed E-state index contributed by atoms with van der Waals surface area (Å²) in [6, 6.07) is 0. The van der Waals surface area contributed by atoms with Crippen LogP contribution in [0.2, 0.25) is 0 Å². The number of hydrogen-bond donors (Lipinski definition) is 1. The molecule has 1 unspecified atom stereocenters. The van der Waals surface area contributed by atoms with Gasteiger partial charge in [-0.25, -0.2) is 4.57 Å². The first-order valence-corrected chi connectivity index (χ1v) is 10.2. The van der Waals surface area contributed by atoms with E-state index in [9.17, 15) is 14.2 Å². The molecule has 1 N–H and O–H groups in total. The summed E-state index contributed by atoms with van der Waals surface area (Å²) in [5, 5.41) is 0. The summed E-state index contributed by atoms with van der Waals surface area (Å²) in [6.45, 7) is 8.60. The van der Waals surface area contributed by atoms with Gasteiger partial charge in [0.05, 0.1) is 23.7 Å². The predicted octanol–water partition coefficient (Wildman–Crippen LogP) is 0.863. The largest absolute Gasteiger partial charge is 0.488 e. The van der Waals surface area contributed by atoms with Crippen LogP contribution in [0.1, 0.15) is 13.8 Å². The fraction of sp³-hybridized carbons (Fsp3) is 0.600. The molecule has 11 heteroatoms. The molecular formula is C15H21ClN3O6P. The smallest absolute Gasteiger partial charge is 0.365 e. The van der Waals surface area contributed by atoms with Crippen LogP contribution in [0.15, 0.2) is 23.2 Å². The topological polar surface area (TPSA) is 98.9 Å². The molecule has 144 valence electrons. The normalized spacial score (nSPS) is 23.6. The summed E-state index contributed by atoms with van der Waals surface area (Å²) in [6.07, 6.45) is 1.15. The molecule has 0 spiro atoms. The SMILES string of the molecule is CC(C)OP(=O)(O)OCl.O=C1C=C(N2CC2)C(=O)C(N2CC2)=C1N1CC1. The molecular weight excluding hydrogens is 385 g/mol. The van der Waals surface area contributed by atoms with Crippen molar-refractivity contribution in [3.05, 3.63) is 23.2 Å². The molecule has 1 atom stereocenters. The summed E-state index contributed by atoms with van der Waals surface area (Å²) in [7, 11) is -3.96. The quantitative estimate of drug-likeness (QED) is 0.392. The standard InChI is InChI=1S/C12H13N3O2.C3H8ClO4P/c16-9-7-8(13-1-2-13)12(17)11(15-5-6-15)10(9)14-3-4-14;1-3(2)7-9(5,6)8-4/h7H,1-6H2;3H,1-2H3,(H,5,6). The van der Waals surface area contributed by atoms with Crippen LogP contribution in [0, 0.1) is 0 Å². The molecule has 0 aromatic heterocycles. The minimum Gasteiger partial charge on any atom is -0.365 e. The van der Waals surface area contributed by atoms with Crippen LogP contribution in [-0.4, -0.2) is 76.5 Å². The van der Waals surface area contributed by atoms with Crippen LogP contribution in [0.25, 0.3) is 0 Å². The fourth-order valence-electron chi connectivity index (χ4n) is 2.56. The fourth-order valence-corrected chi connectivity index (χ4v) is 3.22. The molecule has 3 saturated heterocycles. The van der Waals surface area contributed by atoms with Gasteiger partial charge in [0, 0.05) is 45.3 Å². The number of phosphoric ester groups is 1. The van der Waals surface area contributed by atoms with Crippen molar-refractivity contribution in [2.24, 2.45) is 0 Å². The molecule has 26 heavy (non-hydrogen) atoms. The molecule has 3 fully saturated rings. The van der Waals surface area contributed by atoms with E-state index in [0.717, 1.165) is 39.3 Å². The number of allylic oxidation sites excluding steroid dienone is 1.